The fourth-order valence-electron chi connectivity index (χ4n) is 1.81. The molecule has 23 heavy (non-hydrogen) atoms. The maximum absolute atomic E-state index is 11.9. The van der Waals surface area contributed by atoms with Gasteiger partial charge < -0.3 is 14.8 Å². The van der Waals surface area contributed by atoms with Crippen LogP contribution >= 0.6 is 11.3 Å². The number of hydrogen-bond donors (Lipinski definition) is 1. The van der Waals surface area contributed by atoms with Gasteiger partial charge in [-0.3, -0.25) is 4.79 Å². The second-order valence-electron chi connectivity index (χ2n) is 4.57. The van der Waals surface area contributed by atoms with Crippen LogP contribution in [0.15, 0.2) is 36.4 Å². The third-order valence-corrected chi connectivity index (χ3v) is 3.86. The van der Waals surface area contributed by atoms with Gasteiger partial charge in [0.1, 0.15) is 4.88 Å². The van der Waals surface area contributed by atoms with Crippen LogP contribution in [0.2, 0.25) is 0 Å². The summed E-state index contributed by atoms with van der Waals surface area (Å²) < 4.78 is 9.59. The second-order valence-corrected chi connectivity index (χ2v) is 5.86. The van der Waals surface area contributed by atoms with Gasteiger partial charge in [0.15, 0.2) is 6.61 Å². The Hall–Kier alpha value is -2.67. The lowest BCUT2D eigenvalue weighted by Crippen LogP contribution is -2.22. The first-order valence-corrected chi connectivity index (χ1v) is 7.53. The summed E-state index contributed by atoms with van der Waals surface area (Å²) in [6.45, 7) is 1.43. The van der Waals surface area contributed by atoms with E-state index in [0.717, 1.165) is 4.88 Å². The number of carbonyl (C=O) groups excluding carboxylic acids is 3. The molecule has 1 heterocycles. The first kappa shape index (κ1) is 16.7. The molecule has 1 amide bonds. The number of nitrogens with one attached hydrogen (secondary N) is 1. The van der Waals surface area contributed by atoms with Crippen molar-refractivity contribution in [2.45, 2.75) is 6.92 Å². The Morgan fingerprint density at radius 3 is 2.48 bits per heavy atom. The SMILES string of the molecule is COC(=O)c1ccccc1NC(=O)COC(=O)c1ccc(C)s1. The minimum Gasteiger partial charge on any atom is -0.465 e. The Balaban J connectivity index is 1.95. The zero-order chi connectivity index (χ0) is 16.8. The lowest BCUT2D eigenvalue weighted by molar-refractivity contribution is -0.119. The first-order chi connectivity index (χ1) is 11.0. The van der Waals surface area contributed by atoms with Gasteiger partial charge in [0, 0.05) is 4.88 Å². The van der Waals surface area contributed by atoms with Crippen molar-refractivity contribution in [1.29, 1.82) is 0 Å². The van der Waals surface area contributed by atoms with Crippen molar-refractivity contribution >= 4 is 34.9 Å². The third kappa shape index (κ3) is 4.40. The van der Waals surface area contributed by atoms with E-state index >= 15 is 0 Å². The summed E-state index contributed by atoms with van der Waals surface area (Å²) >= 11 is 1.29. The molecule has 0 aliphatic heterocycles. The zero-order valence-electron chi connectivity index (χ0n) is 12.6. The molecular weight excluding hydrogens is 318 g/mol. The van der Waals surface area contributed by atoms with Crippen LogP contribution in [0, 0.1) is 6.92 Å². The number of aryl methyl sites for hydroxylation is 1. The maximum Gasteiger partial charge on any atom is 0.348 e. The van der Waals surface area contributed by atoms with Crippen LogP contribution in [0.3, 0.4) is 0 Å². The van der Waals surface area contributed by atoms with Crippen molar-refractivity contribution in [3.63, 3.8) is 0 Å². The highest BCUT2D eigenvalue weighted by molar-refractivity contribution is 7.13. The van der Waals surface area contributed by atoms with Gasteiger partial charge in [0.05, 0.1) is 18.4 Å². The Morgan fingerprint density at radius 2 is 1.83 bits per heavy atom. The predicted octanol–water partition coefficient (Wildman–Crippen LogP) is 2.64. The van der Waals surface area contributed by atoms with E-state index in [1.165, 1.54) is 24.5 Å². The minimum absolute atomic E-state index is 0.226. The van der Waals surface area contributed by atoms with E-state index in [9.17, 15) is 14.4 Å². The van der Waals surface area contributed by atoms with Crippen LogP contribution in [0.25, 0.3) is 0 Å². The molecule has 0 atom stereocenters. The van der Waals surface area contributed by atoms with Crippen molar-refractivity contribution in [2.24, 2.45) is 0 Å². The monoisotopic (exact) mass is 333 g/mol. The molecule has 2 rings (SSSR count). The molecule has 1 N–H and O–H groups in total. The second kappa shape index (κ2) is 7.55. The van der Waals surface area contributed by atoms with Gasteiger partial charge in [0.25, 0.3) is 5.91 Å². The number of amides is 1. The number of esters is 2. The van der Waals surface area contributed by atoms with Gasteiger partial charge in [-0.2, -0.15) is 0 Å². The van der Waals surface area contributed by atoms with Crippen molar-refractivity contribution < 1.29 is 23.9 Å². The summed E-state index contributed by atoms with van der Waals surface area (Å²) in [4.78, 5) is 36.7. The summed E-state index contributed by atoms with van der Waals surface area (Å²) in [7, 11) is 1.26. The normalized spacial score (nSPS) is 10.0. The van der Waals surface area contributed by atoms with Gasteiger partial charge in [-0.1, -0.05) is 12.1 Å². The number of hydrogen-bond acceptors (Lipinski definition) is 6. The number of methoxy groups -OCH3 is 1. The van der Waals surface area contributed by atoms with Gasteiger partial charge >= 0.3 is 11.9 Å². The fraction of sp³-hybridized carbons (Fsp3) is 0.188. The lowest BCUT2D eigenvalue weighted by atomic mass is 10.2. The Bertz CT molecular complexity index is 738. The van der Waals surface area contributed by atoms with Crippen LogP contribution in [-0.2, 0) is 14.3 Å². The molecule has 0 aliphatic rings. The minimum atomic E-state index is -0.563. The number of para-hydroxylation sites is 1. The molecule has 2 aromatic rings. The molecule has 1 aromatic heterocycles. The molecule has 0 bridgehead atoms. The fourth-order valence-corrected chi connectivity index (χ4v) is 2.57. The molecule has 0 spiro atoms. The summed E-state index contributed by atoms with van der Waals surface area (Å²) in [6, 6.07) is 9.86. The first-order valence-electron chi connectivity index (χ1n) is 6.72. The predicted molar refractivity (Wildman–Crippen MR) is 85.7 cm³/mol. The smallest absolute Gasteiger partial charge is 0.348 e. The molecule has 0 radical (unpaired) electrons. The average molecular weight is 333 g/mol. The summed E-state index contributed by atoms with van der Waals surface area (Å²) in [5, 5.41) is 2.52. The molecule has 0 fully saturated rings. The number of rotatable bonds is 5. The zero-order valence-corrected chi connectivity index (χ0v) is 13.4. The highest BCUT2D eigenvalue weighted by Crippen LogP contribution is 2.17. The van der Waals surface area contributed by atoms with E-state index in [1.54, 1.807) is 30.3 Å². The Kier molecular flexibility index (Phi) is 5.48. The molecule has 7 heteroatoms. The van der Waals surface area contributed by atoms with Crippen molar-refractivity contribution in [3.8, 4) is 0 Å². The molecule has 0 saturated carbocycles. The van der Waals surface area contributed by atoms with E-state index < -0.39 is 24.5 Å². The number of carbonyl (C=O) groups is 3. The molecule has 6 nitrogen and oxygen atoms in total. The lowest BCUT2D eigenvalue weighted by Gasteiger charge is -2.09. The average Bonchev–Trinajstić information content (AvgIpc) is 2.99. The largest absolute Gasteiger partial charge is 0.465 e. The van der Waals surface area contributed by atoms with Crippen molar-refractivity contribution in [2.75, 3.05) is 19.0 Å². The van der Waals surface area contributed by atoms with Crippen LogP contribution in [0.1, 0.15) is 24.9 Å². The van der Waals surface area contributed by atoms with Gasteiger partial charge in [0.2, 0.25) is 0 Å². The van der Waals surface area contributed by atoms with E-state index in [2.05, 4.69) is 10.1 Å². The molecule has 0 saturated heterocycles. The van der Waals surface area contributed by atoms with Crippen LogP contribution in [0.5, 0.6) is 0 Å². The topological polar surface area (TPSA) is 81.7 Å². The van der Waals surface area contributed by atoms with Gasteiger partial charge in [-0.05, 0) is 31.2 Å². The van der Waals surface area contributed by atoms with E-state index in [-0.39, 0.29) is 5.56 Å². The summed E-state index contributed by atoms with van der Waals surface area (Å²) in [5.41, 5.74) is 0.524. The van der Waals surface area contributed by atoms with Crippen molar-refractivity contribution in [1.82, 2.24) is 0 Å². The van der Waals surface area contributed by atoms with Crippen LogP contribution in [0.4, 0.5) is 5.69 Å². The molecule has 120 valence electrons. The van der Waals surface area contributed by atoms with Gasteiger partial charge in [-0.15, -0.1) is 11.3 Å². The number of benzene rings is 1. The maximum atomic E-state index is 11.9. The highest BCUT2D eigenvalue weighted by atomic mass is 32.1. The molecular formula is C16H15NO5S. The molecule has 0 unspecified atom stereocenters. The standard InChI is InChI=1S/C16H15NO5S/c1-10-7-8-13(23-10)16(20)22-9-14(18)17-12-6-4-3-5-11(12)15(19)21-2/h3-8H,9H2,1-2H3,(H,17,18). The van der Waals surface area contributed by atoms with Crippen LogP contribution < -0.4 is 5.32 Å². The Labute approximate surface area is 137 Å². The molecule has 1 aromatic carbocycles. The highest BCUT2D eigenvalue weighted by Gasteiger charge is 2.15. The number of anilines is 1. The van der Waals surface area contributed by atoms with Crippen molar-refractivity contribution in [3.05, 3.63) is 51.7 Å². The summed E-state index contributed by atoms with van der Waals surface area (Å²) in [6.07, 6.45) is 0. The third-order valence-electron chi connectivity index (χ3n) is 2.88. The molecule has 0 aliphatic carbocycles. The van der Waals surface area contributed by atoms with E-state index in [4.69, 9.17) is 4.74 Å². The van der Waals surface area contributed by atoms with E-state index in [0.29, 0.717) is 10.6 Å². The van der Waals surface area contributed by atoms with E-state index in [1.807, 2.05) is 6.92 Å². The summed E-state index contributed by atoms with van der Waals surface area (Å²) in [5.74, 6) is -1.66. The quantitative estimate of drug-likeness (QED) is 0.851. The number of thiophene rings is 1. The van der Waals surface area contributed by atoms with Gasteiger partial charge in [-0.25, -0.2) is 9.59 Å². The number of ether oxygens (including phenoxy) is 2. The Morgan fingerprint density at radius 1 is 1.09 bits per heavy atom. The van der Waals surface area contributed by atoms with Crippen LogP contribution in [-0.4, -0.2) is 31.6 Å².